The predicted octanol–water partition coefficient (Wildman–Crippen LogP) is 3.42. The molecule has 0 N–H and O–H groups in total. The van der Waals surface area contributed by atoms with Gasteiger partial charge in [-0.2, -0.15) is 4.98 Å². The van der Waals surface area contributed by atoms with E-state index in [1.807, 2.05) is 30.0 Å². The Hall–Kier alpha value is -3.29. The number of methoxy groups -OCH3 is 2. The van der Waals surface area contributed by atoms with Gasteiger partial charge in [0.1, 0.15) is 0 Å². The van der Waals surface area contributed by atoms with Gasteiger partial charge in [0.2, 0.25) is 5.91 Å². The largest absolute Gasteiger partial charge is 0.493 e. The molecule has 3 aromatic rings. The summed E-state index contributed by atoms with van der Waals surface area (Å²) >= 11 is 0. The number of nitrogens with zero attached hydrogens (tertiary/aromatic N) is 3. The molecule has 2 aromatic heterocycles. The van der Waals surface area contributed by atoms with Crippen molar-refractivity contribution < 1.29 is 23.2 Å². The maximum atomic E-state index is 12.7. The zero-order valence-electron chi connectivity index (χ0n) is 15.9. The molecule has 0 aliphatic carbocycles. The van der Waals surface area contributed by atoms with Crippen molar-refractivity contribution in [3.05, 3.63) is 48.0 Å². The Morgan fingerprint density at radius 1 is 1.21 bits per heavy atom. The summed E-state index contributed by atoms with van der Waals surface area (Å²) in [5, 5.41) is 4.04. The number of amides is 1. The third-order valence-corrected chi connectivity index (χ3v) is 5.05. The topological polar surface area (TPSA) is 90.8 Å². The summed E-state index contributed by atoms with van der Waals surface area (Å²) in [6.07, 6.45) is 1.89. The molecule has 8 nitrogen and oxygen atoms in total. The highest BCUT2D eigenvalue weighted by Gasteiger charge is 2.36. The van der Waals surface area contributed by atoms with Crippen LogP contribution in [0.15, 0.2) is 45.5 Å². The Bertz CT molecular complexity index is 966. The van der Waals surface area contributed by atoms with Crippen LogP contribution in [0.3, 0.4) is 0 Å². The van der Waals surface area contributed by atoms with E-state index in [1.165, 1.54) is 0 Å². The van der Waals surface area contributed by atoms with Crippen LogP contribution in [0.5, 0.6) is 11.5 Å². The lowest BCUT2D eigenvalue weighted by atomic mass is 10.1. The molecule has 1 amide bonds. The van der Waals surface area contributed by atoms with Crippen molar-refractivity contribution >= 4 is 5.91 Å². The van der Waals surface area contributed by atoms with Crippen molar-refractivity contribution in [2.45, 2.75) is 25.3 Å². The average Bonchev–Trinajstić information content (AvgIpc) is 3.46. The number of likely N-dealkylation sites (tertiary alicyclic amines) is 1. The van der Waals surface area contributed by atoms with Gasteiger partial charge in [0.15, 0.2) is 23.1 Å². The van der Waals surface area contributed by atoms with Gasteiger partial charge in [-0.05, 0) is 36.8 Å². The summed E-state index contributed by atoms with van der Waals surface area (Å²) in [5.74, 6) is 2.57. The van der Waals surface area contributed by atoms with Crippen molar-refractivity contribution in [3.8, 4) is 23.1 Å². The number of rotatable bonds is 6. The maximum absolute atomic E-state index is 12.7. The minimum atomic E-state index is -0.123. The first-order valence-corrected chi connectivity index (χ1v) is 8.99. The fourth-order valence-electron chi connectivity index (χ4n) is 3.47. The number of carbonyl (C=O) groups is 1. The van der Waals surface area contributed by atoms with Gasteiger partial charge in [0.25, 0.3) is 5.89 Å². The predicted molar refractivity (Wildman–Crippen MR) is 99.0 cm³/mol. The van der Waals surface area contributed by atoms with Gasteiger partial charge in [-0.3, -0.25) is 4.79 Å². The molecule has 1 aliphatic heterocycles. The first-order valence-electron chi connectivity index (χ1n) is 8.99. The molecular weight excluding hydrogens is 362 g/mol. The molecule has 8 heteroatoms. The van der Waals surface area contributed by atoms with Crippen molar-refractivity contribution in [1.82, 2.24) is 15.0 Å². The number of carbonyl (C=O) groups excluding carboxylic acids is 1. The monoisotopic (exact) mass is 383 g/mol. The molecule has 1 aromatic carbocycles. The molecule has 0 saturated carbocycles. The fraction of sp³-hybridized carbons (Fsp3) is 0.350. The van der Waals surface area contributed by atoms with E-state index in [-0.39, 0.29) is 17.9 Å². The molecule has 2 unspecified atom stereocenters. The lowest BCUT2D eigenvalue weighted by Gasteiger charge is -2.25. The number of hydrogen-bond acceptors (Lipinski definition) is 7. The van der Waals surface area contributed by atoms with Crippen molar-refractivity contribution in [2.75, 3.05) is 20.8 Å². The summed E-state index contributed by atoms with van der Waals surface area (Å²) < 4.78 is 21.2. The maximum Gasteiger partial charge on any atom is 0.293 e. The van der Waals surface area contributed by atoms with Crippen LogP contribution in [0.2, 0.25) is 0 Å². The molecule has 2 atom stereocenters. The number of aromatic nitrogens is 2. The average molecular weight is 383 g/mol. The molecule has 4 rings (SSSR count). The Balaban J connectivity index is 1.52. The van der Waals surface area contributed by atoms with E-state index in [1.54, 1.807) is 32.6 Å². The van der Waals surface area contributed by atoms with Crippen LogP contribution in [0.25, 0.3) is 11.7 Å². The van der Waals surface area contributed by atoms with Crippen LogP contribution in [-0.4, -0.2) is 41.7 Å². The summed E-state index contributed by atoms with van der Waals surface area (Å²) in [7, 11) is 3.19. The molecule has 3 heterocycles. The summed E-state index contributed by atoms with van der Waals surface area (Å²) in [5.41, 5.74) is 0.969. The first-order chi connectivity index (χ1) is 13.6. The normalized spacial score (nSPS) is 17.8. The van der Waals surface area contributed by atoms with Crippen LogP contribution >= 0.6 is 0 Å². The zero-order valence-corrected chi connectivity index (χ0v) is 15.9. The fourth-order valence-corrected chi connectivity index (χ4v) is 3.47. The van der Waals surface area contributed by atoms with Gasteiger partial charge in [0, 0.05) is 18.9 Å². The van der Waals surface area contributed by atoms with Gasteiger partial charge in [-0.1, -0.05) is 11.2 Å². The summed E-state index contributed by atoms with van der Waals surface area (Å²) in [4.78, 5) is 18.9. The molecule has 0 bridgehead atoms. The van der Waals surface area contributed by atoms with Gasteiger partial charge in [-0.15, -0.1) is 0 Å². The van der Waals surface area contributed by atoms with Crippen LogP contribution in [-0.2, 0) is 4.79 Å². The molecule has 28 heavy (non-hydrogen) atoms. The van der Waals surface area contributed by atoms with Crippen LogP contribution in [0.4, 0.5) is 0 Å². The van der Waals surface area contributed by atoms with E-state index in [2.05, 4.69) is 10.1 Å². The molecule has 1 aliphatic rings. The van der Waals surface area contributed by atoms with Crippen molar-refractivity contribution in [1.29, 1.82) is 0 Å². The van der Waals surface area contributed by atoms with Gasteiger partial charge >= 0.3 is 0 Å². The SMILES string of the molecule is COc1ccc(C(C)N2CC(c3noc(-c4ccco4)n3)CC2=O)cc1OC. The number of hydrogen-bond donors (Lipinski definition) is 0. The standard InChI is InChI=1S/C20H21N3O5/c1-12(13-6-7-15(25-2)17(9-13)26-3)23-11-14(10-18(23)24)19-21-20(28-22-19)16-5-4-8-27-16/h4-9,12,14H,10-11H2,1-3H3. The second-order valence-corrected chi connectivity index (χ2v) is 6.67. The van der Waals surface area contributed by atoms with E-state index in [0.29, 0.717) is 41.9 Å². The lowest BCUT2D eigenvalue weighted by molar-refractivity contribution is -0.129. The Morgan fingerprint density at radius 2 is 2.04 bits per heavy atom. The number of furan rings is 1. The number of benzene rings is 1. The minimum absolute atomic E-state index is 0.0524. The molecule has 146 valence electrons. The van der Waals surface area contributed by atoms with Crippen molar-refractivity contribution in [2.24, 2.45) is 0 Å². The highest BCUT2D eigenvalue weighted by Crippen LogP contribution is 2.36. The quantitative estimate of drug-likeness (QED) is 0.644. The third-order valence-electron chi connectivity index (χ3n) is 5.05. The Kier molecular flexibility index (Phi) is 4.77. The third kappa shape index (κ3) is 3.21. The van der Waals surface area contributed by atoms with Crippen LogP contribution < -0.4 is 9.47 Å². The van der Waals surface area contributed by atoms with Crippen LogP contribution in [0, 0.1) is 0 Å². The van der Waals surface area contributed by atoms with Gasteiger partial charge < -0.3 is 23.3 Å². The summed E-state index contributed by atoms with van der Waals surface area (Å²) in [6.45, 7) is 2.51. The highest BCUT2D eigenvalue weighted by molar-refractivity contribution is 5.80. The molecule has 1 fully saturated rings. The Labute approximate surface area is 162 Å². The smallest absolute Gasteiger partial charge is 0.293 e. The summed E-state index contributed by atoms with van der Waals surface area (Å²) in [6, 6.07) is 9.07. The van der Waals surface area contributed by atoms with E-state index < -0.39 is 0 Å². The van der Waals surface area contributed by atoms with E-state index in [0.717, 1.165) is 5.56 Å². The highest BCUT2D eigenvalue weighted by atomic mass is 16.5. The zero-order chi connectivity index (χ0) is 19.7. The lowest BCUT2D eigenvalue weighted by Crippen LogP contribution is -2.28. The first kappa shape index (κ1) is 18.1. The second-order valence-electron chi connectivity index (χ2n) is 6.67. The minimum Gasteiger partial charge on any atom is -0.493 e. The second kappa shape index (κ2) is 7.38. The molecule has 0 spiro atoms. The van der Waals surface area contributed by atoms with Gasteiger partial charge in [0.05, 0.1) is 26.5 Å². The van der Waals surface area contributed by atoms with Crippen molar-refractivity contribution in [3.63, 3.8) is 0 Å². The van der Waals surface area contributed by atoms with E-state index in [9.17, 15) is 4.79 Å². The van der Waals surface area contributed by atoms with Gasteiger partial charge in [-0.25, -0.2) is 0 Å². The van der Waals surface area contributed by atoms with Crippen LogP contribution in [0.1, 0.15) is 36.7 Å². The van der Waals surface area contributed by atoms with E-state index >= 15 is 0 Å². The number of ether oxygens (including phenoxy) is 2. The molecule has 0 radical (unpaired) electrons. The molecule has 1 saturated heterocycles. The molecular formula is C20H21N3O5. The Morgan fingerprint density at radius 3 is 2.75 bits per heavy atom. The van der Waals surface area contributed by atoms with E-state index in [4.69, 9.17) is 18.4 Å².